The smallest absolute Gasteiger partial charge is 0.195 e. The minimum atomic E-state index is -0.236. The fourth-order valence-corrected chi connectivity index (χ4v) is 1.45. The molecule has 0 aliphatic carbocycles. The molecule has 0 aliphatic rings. The van der Waals surface area contributed by atoms with Gasteiger partial charge in [-0.25, -0.2) is 0 Å². The Labute approximate surface area is 107 Å². The van der Waals surface area contributed by atoms with Gasteiger partial charge in [-0.2, -0.15) is 0 Å². The third-order valence-corrected chi connectivity index (χ3v) is 2.19. The molecule has 0 aliphatic heterocycles. The SMILES string of the molecule is CCC(NC(=N)NC(=N)N)c1ccccc1.Cl. The topological polar surface area (TPSA) is 97.8 Å². The first-order chi connectivity index (χ1) is 7.63. The predicted molar refractivity (Wildman–Crippen MR) is 72.6 cm³/mol. The molecule has 0 fully saturated rings. The van der Waals surface area contributed by atoms with Gasteiger partial charge in [-0.05, 0) is 12.0 Å². The maximum atomic E-state index is 7.56. The van der Waals surface area contributed by atoms with Gasteiger partial charge in [0, 0.05) is 0 Å². The number of nitrogens with one attached hydrogen (secondary N) is 4. The lowest BCUT2D eigenvalue weighted by Crippen LogP contribution is -2.44. The van der Waals surface area contributed by atoms with Gasteiger partial charge in [0.25, 0.3) is 0 Å². The van der Waals surface area contributed by atoms with Crippen LogP contribution in [0.15, 0.2) is 30.3 Å². The van der Waals surface area contributed by atoms with Gasteiger partial charge in [-0.3, -0.25) is 16.1 Å². The van der Waals surface area contributed by atoms with Crippen molar-refractivity contribution >= 4 is 24.3 Å². The average molecular weight is 256 g/mol. The van der Waals surface area contributed by atoms with E-state index in [1.807, 2.05) is 37.3 Å². The summed E-state index contributed by atoms with van der Waals surface area (Å²) in [4.78, 5) is 0. The molecule has 1 unspecified atom stereocenters. The molecule has 1 rings (SSSR count). The van der Waals surface area contributed by atoms with Crippen molar-refractivity contribution in [2.75, 3.05) is 0 Å². The molecule has 0 radical (unpaired) electrons. The van der Waals surface area contributed by atoms with Crippen molar-refractivity contribution in [3.63, 3.8) is 0 Å². The summed E-state index contributed by atoms with van der Waals surface area (Å²) in [6, 6.07) is 9.93. The maximum Gasteiger partial charge on any atom is 0.195 e. The molecular formula is C11H18ClN5. The molecule has 0 saturated carbocycles. The van der Waals surface area contributed by atoms with E-state index in [-0.39, 0.29) is 30.4 Å². The summed E-state index contributed by atoms with van der Waals surface area (Å²) in [5.74, 6) is -0.191. The molecule has 0 bridgehead atoms. The molecule has 6 N–H and O–H groups in total. The van der Waals surface area contributed by atoms with Crippen LogP contribution < -0.4 is 16.4 Å². The minimum absolute atomic E-state index is 0. The first-order valence-electron chi connectivity index (χ1n) is 5.14. The highest BCUT2D eigenvalue weighted by atomic mass is 35.5. The van der Waals surface area contributed by atoms with Gasteiger partial charge in [0.1, 0.15) is 0 Å². The summed E-state index contributed by atoms with van der Waals surface area (Å²) in [5.41, 5.74) is 6.25. The lowest BCUT2D eigenvalue weighted by atomic mass is 10.1. The molecule has 0 saturated heterocycles. The molecule has 5 nitrogen and oxygen atoms in total. The Bertz CT molecular complexity index is 365. The highest BCUT2D eigenvalue weighted by Crippen LogP contribution is 2.15. The summed E-state index contributed by atoms with van der Waals surface area (Å²) in [7, 11) is 0. The molecule has 0 amide bonds. The zero-order valence-electron chi connectivity index (χ0n) is 9.66. The number of nitrogens with two attached hydrogens (primary N) is 1. The lowest BCUT2D eigenvalue weighted by molar-refractivity contribution is 0.616. The van der Waals surface area contributed by atoms with Gasteiger partial charge in [0.05, 0.1) is 6.04 Å². The summed E-state index contributed by atoms with van der Waals surface area (Å²) in [6.07, 6.45) is 0.853. The van der Waals surface area contributed by atoms with Crippen LogP contribution in [0.1, 0.15) is 24.9 Å². The van der Waals surface area contributed by atoms with E-state index in [1.165, 1.54) is 0 Å². The summed E-state index contributed by atoms with van der Waals surface area (Å²) < 4.78 is 0. The second kappa shape index (κ2) is 7.51. The normalized spacial score (nSPS) is 10.9. The van der Waals surface area contributed by atoms with Crippen molar-refractivity contribution < 1.29 is 0 Å². The molecule has 0 heterocycles. The first kappa shape index (κ1) is 15.2. The molecule has 0 spiro atoms. The third-order valence-electron chi connectivity index (χ3n) is 2.19. The van der Waals surface area contributed by atoms with E-state index in [0.717, 1.165) is 12.0 Å². The van der Waals surface area contributed by atoms with Crippen molar-refractivity contribution in [1.29, 1.82) is 10.8 Å². The molecule has 17 heavy (non-hydrogen) atoms. The second-order valence-electron chi connectivity index (χ2n) is 3.43. The van der Waals surface area contributed by atoms with Gasteiger partial charge in [-0.1, -0.05) is 37.3 Å². The maximum absolute atomic E-state index is 7.56. The first-order valence-corrected chi connectivity index (χ1v) is 5.14. The predicted octanol–water partition coefficient (Wildman–Crippen LogP) is 1.57. The van der Waals surface area contributed by atoms with Crippen LogP contribution in [0, 0.1) is 10.8 Å². The van der Waals surface area contributed by atoms with Gasteiger partial charge >= 0.3 is 0 Å². The zero-order chi connectivity index (χ0) is 12.0. The number of hydrogen-bond acceptors (Lipinski definition) is 2. The van der Waals surface area contributed by atoms with Crippen molar-refractivity contribution in [3.8, 4) is 0 Å². The zero-order valence-corrected chi connectivity index (χ0v) is 10.5. The Kier molecular flexibility index (Phi) is 6.74. The lowest BCUT2D eigenvalue weighted by Gasteiger charge is -2.19. The van der Waals surface area contributed by atoms with Crippen LogP contribution in [-0.2, 0) is 0 Å². The van der Waals surface area contributed by atoms with E-state index < -0.39 is 0 Å². The van der Waals surface area contributed by atoms with Crippen LogP contribution in [-0.4, -0.2) is 11.9 Å². The van der Waals surface area contributed by atoms with E-state index in [0.29, 0.717) is 0 Å². The monoisotopic (exact) mass is 255 g/mol. The molecule has 1 aromatic rings. The van der Waals surface area contributed by atoms with E-state index in [2.05, 4.69) is 10.6 Å². The largest absolute Gasteiger partial charge is 0.370 e. The number of halogens is 1. The van der Waals surface area contributed by atoms with Crippen LogP contribution in [0.4, 0.5) is 0 Å². The molecule has 0 aromatic heterocycles. The van der Waals surface area contributed by atoms with E-state index in [1.54, 1.807) is 0 Å². The Morgan fingerprint density at radius 3 is 2.35 bits per heavy atom. The van der Waals surface area contributed by atoms with Crippen LogP contribution in [0.3, 0.4) is 0 Å². The molecule has 1 aromatic carbocycles. The van der Waals surface area contributed by atoms with Gasteiger partial charge in [-0.15, -0.1) is 12.4 Å². The average Bonchev–Trinajstić information content (AvgIpc) is 2.26. The van der Waals surface area contributed by atoms with Gasteiger partial charge in [0.15, 0.2) is 11.9 Å². The third kappa shape index (κ3) is 5.21. The van der Waals surface area contributed by atoms with Gasteiger partial charge < -0.3 is 11.1 Å². The second-order valence-corrected chi connectivity index (χ2v) is 3.43. The number of benzene rings is 1. The molecule has 6 heteroatoms. The van der Waals surface area contributed by atoms with Crippen molar-refractivity contribution in [2.24, 2.45) is 5.73 Å². The summed E-state index contributed by atoms with van der Waals surface area (Å²) >= 11 is 0. The van der Waals surface area contributed by atoms with Crippen LogP contribution in [0.5, 0.6) is 0 Å². The Balaban J connectivity index is 0.00000256. The quantitative estimate of drug-likeness (QED) is 0.419. The Morgan fingerprint density at radius 2 is 1.88 bits per heavy atom. The fourth-order valence-electron chi connectivity index (χ4n) is 1.45. The van der Waals surface area contributed by atoms with E-state index in [4.69, 9.17) is 16.6 Å². The molecule has 94 valence electrons. The standard InChI is InChI=1S/C11H17N5.ClH/c1-2-9(8-6-4-3-5-7-8)15-11(14)16-10(12)13;/h3-7,9H,2H2,1H3,(H6,12,13,14,15,16);1H. The number of hydrogen-bond donors (Lipinski definition) is 5. The van der Waals surface area contributed by atoms with Gasteiger partial charge in [0.2, 0.25) is 0 Å². The van der Waals surface area contributed by atoms with Crippen LogP contribution >= 0.6 is 12.4 Å². The van der Waals surface area contributed by atoms with Crippen molar-refractivity contribution in [1.82, 2.24) is 10.6 Å². The van der Waals surface area contributed by atoms with Crippen LogP contribution in [0.2, 0.25) is 0 Å². The number of guanidine groups is 2. The fraction of sp³-hybridized carbons (Fsp3) is 0.273. The van der Waals surface area contributed by atoms with E-state index >= 15 is 0 Å². The molecular weight excluding hydrogens is 238 g/mol. The minimum Gasteiger partial charge on any atom is -0.370 e. The van der Waals surface area contributed by atoms with Crippen LogP contribution in [0.25, 0.3) is 0 Å². The van der Waals surface area contributed by atoms with E-state index in [9.17, 15) is 0 Å². The highest BCUT2D eigenvalue weighted by Gasteiger charge is 2.09. The number of rotatable bonds is 3. The highest BCUT2D eigenvalue weighted by molar-refractivity contribution is 5.94. The van der Waals surface area contributed by atoms with Crippen molar-refractivity contribution in [3.05, 3.63) is 35.9 Å². The molecule has 1 atom stereocenters. The Hall–Kier alpha value is -1.75. The summed E-state index contributed by atoms with van der Waals surface area (Å²) in [6.45, 7) is 2.03. The Morgan fingerprint density at radius 1 is 1.29 bits per heavy atom. The summed E-state index contributed by atoms with van der Waals surface area (Å²) in [5, 5.41) is 20.0. The van der Waals surface area contributed by atoms with Crippen molar-refractivity contribution in [2.45, 2.75) is 19.4 Å².